The van der Waals surface area contributed by atoms with Crippen molar-refractivity contribution in [3.8, 4) is 0 Å². The zero-order chi connectivity index (χ0) is 13.3. The molecule has 0 saturated carbocycles. The van der Waals surface area contributed by atoms with E-state index in [9.17, 15) is 5.11 Å². The predicted octanol–water partition coefficient (Wildman–Crippen LogP) is 4.69. The highest BCUT2D eigenvalue weighted by Crippen LogP contribution is 2.31. The molecule has 1 atom stereocenters. The molecule has 1 unspecified atom stereocenters. The zero-order valence-electron chi connectivity index (χ0n) is 10.2. The van der Waals surface area contributed by atoms with Crippen LogP contribution in [0.4, 0.5) is 0 Å². The maximum Gasteiger partial charge on any atom is 0.106 e. The first-order chi connectivity index (χ1) is 8.47. The monoisotopic (exact) mass is 280 g/mol. The minimum absolute atomic E-state index is 0.481. The third kappa shape index (κ3) is 2.86. The first-order valence-electron chi connectivity index (χ1n) is 5.68. The molecule has 0 aliphatic heterocycles. The van der Waals surface area contributed by atoms with Gasteiger partial charge in [-0.2, -0.15) is 0 Å². The second-order valence-corrected chi connectivity index (χ2v) is 5.33. The van der Waals surface area contributed by atoms with Crippen LogP contribution in [-0.2, 0) is 0 Å². The Hall–Kier alpha value is -1.02. The van der Waals surface area contributed by atoms with Crippen LogP contribution in [0.1, 0.15) is 28.4 Å². The van der Waals surface area contributed by atoms with Crippen molar-refractivity contribution in [2.75, 3.05) is 0 Å². The SMILES string of the molecule is Cc1cc(C)cc(C(O)c2ccc(Cl)cc2Cl)c1. The number of hydrogen-bond donors (Lipinski definition) is 1. The van der Waals surface area contributed by atoms with Gasteiger partial charge in [0.15, 0.2) is 0 Å². The molecule has 0 aliphatic carbocycles. The molecule has 94 valence electrons. The number of rotatable bonds is 2. The summed E-state index contributed by atoms with van der Waals surface area (Å²) in [6.45, 7) is 4.01. The van der Waals surface area contributed by atoms with E-state index < -0.39 is 6.10 Å². The summed E-state index contributed by atoms with van der Waals surface area (Å²) < 4.78 is 0. The highest BCUT2D eigenvalue weighted by Gasteiger charge is 2.14. The number of hydrogen-bond acceptors (Lipinski definition) is 1. The Morgan fingerprint density at radius 1 is 0.944 bits per heavy atom. The molecule has 0 radical (unpaired) electrons. The topological polar surface area (TPSA) is 20.2 Å². The molecule has 18 heavy (non-hydrogen) atoms. The molecule has 0 bridgehead atoms. The molecule has 0 fully saturated rings. The van der Waals surface area contributed by atoms with Gasteiger partial charge in [-0.25, -0.2) is 0 Å². The van der Waals surface area contributed by atoms with Crippen LogP contribution in [0.3, 0.4) is 0 Å². The number of aliphatic hydroxyl groups excluding tert-OH is 1. The van der Waals surface area contributed by atoms with E-state index in [4.69, 9.17) is 23.2 Å². The second-order valence-electron chi connectivity index (χ2n) is 4.49. The van der Waals surface area contributed by atoms with Gasteiger partial charge in [0.05, 0.1) is 0 Å². The Morgan fingerprint density at radius 3 is 2.11 bits per heavy atom. The van der Waals surface area contributed by atoms with E-state index in [-0.39, 0.29) is 0 Å². The van der Waals surface area contributed by atoms with Gasteiger partial charge in [-0.05, 0) is 31.5 Å². The summed E-state index contributed by atoms with van der Waals surface area (Å²) in [4.78, 5) is 0. The summed E-state index contributed by atoms with van der Waals surface area (Å²) in [5, 5.41) is 11.4. The smallest absolute Gasteiger partial charge is 0.106 e. The average Bonchev–Trinajstić information content (AvgIpc) is 2.26. The maximum atomic E-state index is 10.4. The summed E-state index contributed by atoms with van der Waals surface area (Å²) in [5.41, 5.74) is 3.76. The molecular weight excluding hydrogens is 267 g/mol. The molecule has 0 heterocycles. The van der Waals surface area contributed by atoms with Gasteiger partial charge in [0.1, 0.15) is 6.10 Å². The summed E-state index contributed by atoms with van der Waals surface area (Å²) in [6, 6.07) is 11.1. The highest BCUT2D eigenvalue weighted by atomic mass is 35.5. The molecule has 0 aromatic heterocycles. The van der Waals surface area contributed by atoms with Crippen molar-refractivity contribution in [3.05, 3.63) is 68.7 Å². The van der Waals surface area contributed by atoms with Crippen molar-refractivity contribution in [1.82, 2.24) is 0 Å². The lowest BCUT2D eigenvalue weighted by molar-refractivity contribution is 0.220. The van der Waals surface area contributed by atoms with Crippen LogP contribution < -0.4 is 0 Å². The number of benzene rings is 2. The van der Waals surface area contributed by atoms with E-state index in [1.807, 2.05) is 26.0 Å². The van der Waals surface area contributed by atoms with Crippen molar-refractivity contribution in [2.45, 2.75) is 20.0 Å². The lowest BCUT2D eigenvalue weighted by atomic mass is 9.98. The zero-order valence-corrected chi connectivity index (χ0v) is 11.8. The van der Waals surface area contributed by atoms with E-state index in [0.717, 1.165) is 16.7 Å². The number of aryl methyl sites for hydroxylation is 2. The summed E-state index contributed by atoms with van der Waals surface area (Å²) >= 11 is 12.0. The van der Waals surface area contributed by atoms with Crippen LogP contribution in [-0.4, -0.2) is 5.11 Å². The third-order valence-corrected chi connectivity index (χ3v) is 3.38. The molecule has 2 rings (SSSR count). The van der Waals surface area contributed by atoms with E-state index in [2.05, 4.69) is 6.07 Å². The van der Waals surface area contributed by atoms with Crippen LogP contribution in [0.25, 0.3) is 0 Å². The molecule has 1 N–H and O–H groups in total. The van der Waals surface area contributed by atoms with Gasteiger partial charge < -0.3 is 5.11 Å². The minimum Gasteiger partial charge on any atom is -0.384 e. The van der Waals surface area contributed by atoms with E-state index in [1.54, 1.807) is 18.2 Å². The Balaban J connectivity index is 2.44. The fourth-order valence-electron chi connectivity index (χ4n) is 2.07. The van der Waals surface area contributed by atoms with E-state index in [0.29, 0.717) is 15.6 Å². The van der Waals surface area contributed by atoms with Crippen molar-refractivity contribution in [2.24, 2.45) is 0 Å². The van der Waals surface area contributed by atoms with Crippen LogP contribution >= 0.6 is 23.2 Å². The largest absolute Gasteiger partial charge is 0.384 e. The molecule has 2 aromatic carbocycles. The average molecular weight is 281 g/mol. The van der Waals surface area contributed by atoms with Crippen LogP contribution in [0.2, 0.25) is 10.0 Å². The van der Waals surface area contributed by atoms with Crippen LogP contribution in [0.15, 0.2) is 36.4 Å². The fraction of sp³-hybridized carbons (Fsp3) is 0.200. The lowest BCUT2D eigenvalue weighted by Crippen LogP contribution is -2.01. The molecule has 2 aromatic rings. The Bertz CT molecular complexity index is 558. The van der Waals surface area contributed by atoms with E-state index >= 15 is 0 Å². The predicted molar refractivity (Wildman–Crippen MR) is 76.4 cm³/mol. The normalized spacial score (nSPS) is 12.5. The summed E-state index contributed by atoms with van der Waals surface area (Å²) in [7, 11) is 0. The van der Waals surface area contributed by atoms with Gasteiger partial charge in [-0.3, -0.25) is 0 Å². The Kier molecular flexibility index (Phi) is 3.96. The maximum absolute atomic E-state index is 10.4. The highest BCUT2D eigenvalue weighted by molar-refractivity contribution is 6.35. The standard InChI is InChI=1S/C15H14Cl2O/c1-9-5-10(2)7-11(6-9)15(18)13-4-3-12(16)8-14(13)17/h3-8,15,18H,1-2H3. The number of halogens is 2. The lowest BCUT2D eigenvalue weighted by Gasteiger charge is -2.15. The molecule has 0 amide bonds. The van der Waals surface area contributed by atoms with E-state index in [1.165, 1.54) is 0 Å². The minimum atomic E-state index is -0.728. The molecule has 1 nitrogen and oxygen atoms in total. The quantitative estimate of drug-likeness (QED) is 0.846. The van der Waals surface area contributed by atoms with Gasteiger partial charge in [0.25, 0.3) is 0 Å². The van der Waals surface area contributed by atoms with Crippen molar-refractivity contribution >= 4 is 23.2 Å². The Labute approximate surface area is 117 Å². The molecule has 0 saturated heterocycles. The van der Waals surface area contributed by atoms with Crippen LogP contribution in [0.5, 0.6) is 0 Å². The van der Waals surface area contributed by atoms with Gasteiger partial charge in [-0.15, -0.1) is 0 Å². The second kappa shape index (κ2) is 5.31. The molecule has 3 heteroatoms. The molecule has 0 spiro atoms. The number of aliphatic hydroxyl groups is 1. The van der Waals surface area contributed by atoms with Gasteiger partial charge in [-0.1, -0.05) is 58.6 Å². The third-order valence-electron chi connectivity index (χ3n) is 2.82. The fourth-order valence-corrected chi connectivity index (χ4v) is 2.58. The van der Waals surface area contributed by atoms with Crippen molar-refractivity contribution in [3.63, 3.8) is 0 Å². The van der Waals surface area contributed by atoms with Gasteiger partial charge in [0, 0.05) is 15.6 Å². The van der Waals surface area contributed by atoms with Gasteiger partial charge in [0.2, 0.25) is 0 Å². The first kappa shape index (κ1) is 13.4. The first-order valence-corrected chi connectivity index (χ1v) is 6.44. The summed E-state index contributed by atoms with van der Waals surface area (Å²) in [5.74, 6) is 0. The molecule has 0 aliphatic rings. The molecular formula is C15H14Cl2O. The van der Waals surface area contributed by atoms with Crippen LogP contribution in [0, 0.1) is 13.8 Å². The summed E-state index contributed by atoms with van der Waals surface area (Å²) in [6.07, 6.45) is -0.728. The van der Waals surface area contributed by atoms with Crippen molar-refractivity contribution < 1.29 is 5.11 Å². The Morgan fingerprint density at radius 2 is 1.56 bits per heavy atom. The van der Waals surface area contributed by atoms with Gasteiger partial charge >= 0.3 is 0 Å². The van der Waals surface area contributed by atoms with Crippen molar-refractivity contribution in [1.29, 1.82) is 0 Å².